The molecule has 3 rings (SSSR count). The van der Waals surface area contributed by atoms with E-state index in [9.17, 15) is 9.90 Å². The first-order chi connectivity index (χ1) is 12.5. The Labute approximate surface area is 151 Å². The van der Waals surface area contributed by atoms with E-state index < -0.39 is 0 Å². The monoisotopic (exact) mass is 360 g/mol. The van der Waals surface area contributed by atoms with Crippen molar-refractivity contribution < 1.29 is 33.6 Å². The highest BCUT2D eigenvalue weighted by molar-refractivity contribution is 5.80. The van der Waals surface area contributed by atoms with Crippen LogP contribution < -0.4 is 23.7 Å². The second-order valence-electron chi connectivity index (χ2n) is 5.72. The van der Waals surface area contributed by atoms with Crippen molar-refractivity contribution in [3.05, 3.63) is 35.4 Å². The van der Waals surface area contributed by atoms with E-state index in [0.717, 1.165) is 5.56 Å². The Bertz CT molecular complexity index is 844. The largest absolute Gasteiger partial charge is 0.504 e. The van der Waals surface area contributed by atoms with Gasteiger partial charge in [0.05, 0.1) is 34.9 Å². The summed E-state index contributed by atoms with van der Waals surface area (Å²) in [6, 6.07) is 6.57. The molecule has 0 aromatic heterocycles. The molecule has 2 aromatic rings. The highest BCUT2D eigenvalue weighted by Crippen LogP contribution is 2.52. The van der Waals surface area contributed by atoms with E-state index in [1.807, 2.05) is 0 Å². The lowest BCUT2D eigenvalue weighted by Gasteiger charge is -2.28. The van der Waals surface area contributed by atoms with Gasteiger partial charge in [-0.05, 0) is 17.7 Å². The number of carbonyl (C=O) groups excluding carboxylic acids is 1. The van der Waals surface area contributed by atoms with Crippen molar-refractivity contribution in [1.29, 1.82) is 0 Å². The number of hydrogen-bond donors (Lipinski definition) is 1. The van der Waals surface area contributed by atoms with Gasteiger partial charge in [-0.3, -0.25) is 4.79 Å². The topological polar surface area (TPSA) is 83.5 Å². The summed E-state index contributed by atoms with van der Waals surface area (Å²) in [5, 5.41) is 9.85. The van der Waals surface area contributed by atoms with Crippen LogP contribution in [0.1, 0.15) is 23.5 Å². The van der Waals surface area contributed by atoms with E-state index in [4.69, 9.17) is 23.7 Å². The van der Waals surface area contributed by atoms with Crippen LogP contribution in [0.25, 0.3) is 0 Å². The number of phenolic OH excluding ortho intramolecular Hbond substituents is 1. The van der Waals surface area contributed by atoms with Crippen LogP contribution >= 0.6 is 0 Å². The Kier molecular flexibility index (Phi) is 4.79. The van der Waals surface area contributed by atoms with Gasteiger partial charge in [0.2, 0.25) is 5.75 Å². The zero-order valence-electron chi connectivity index (χ0n) is 15.0. The van der Waals surface area contributed by atoms with Gasteiger partial charge >= 0.3 is 5.97 Å². The Morgan fingerprint density at radius 3 is 2.27 bits per heavy atom. The third-order valence-corrected chi connectivity index (χ3v) is 4.38. The molecule has 1 aliphatic heterocycles. The third-order valence-electron chi connectivity index (χ3n) is 4.38. The second-order valence-corrected chi connectivity index (χ2v) is 5.72. The maximum Gasteiger partial charge on any atom is 0.312 e. The number of methoxy groups -OCH3 is 4. The number of fused-ring (bicyclic) bond motifs is 1. The zero-order valence-corrected chi connectivity index (χ0v) is 15.0. The molecule has 1 N–H and O–H groups in total. The van der Waals surface area contributed by atoms with Gasteiger partial charge in [0.25, 0.3) is 0 Å². The molecule has 1 aliphatic rings. The number of esters is 1. The summed E-state index contributed by atoms with van der Waals surface area (Å²) in [7, 11) is 6.00. The van der Waals surface area contributed by atoms with Gasteiger partial charge in [-0.1, -0.05) is 6.07 Å². The summed E-state index contributed by atoms with van der Waals surface area (Å²) < 4.78 is 26.9. The minimum Gasteiger partial charge on any atom is -0.504 e. The smallest absolute Gasteiger partial charge is 0.312 e. The Morgan fingerprint density at radius 1 is 0.962 bits per heavy atom. The predicted molar refractivity (Wildman–Crippen MR) is 92.9 cm³/mol. The summed E-state index contributed by atoms with van der Waals surface area (Å²) >= 11 is 0. The Morgan fingerprint density at radius 2 is 1.65 bits per heavy atom. The summed E-state index contributed by atoms with van der Waals surface area (Å²) in [6.07, 6.45) is 0.118. The summed E-state index contributed by atoms with van der Waals surface area (Å²) in [4.78, 5) is 12.2. The van der Waals surface area contributed by atoms with Crippen molar-refractivity contribution >= 4 is 5.97 Å². The molecule has 0 fully saturated rings. The molecular weight excluding hydrogens is 340 g/mol. The Hall–Kier alpha value is -3.09. The van der Waals surface area contributed by atoms with Gasteiger partial charge < -0.3 is 28.8 Å². The molecule has 0 radical (unpaired) electrons. The van der Waals surface area contributed by atoms with Crippen LogP contribution in [0.4, 0.5) is 0 Å². The number of benzene rings is 2. The highest BCUT2D eigenvalue weighted by Gasteiger charge is 2.35. The van der Waals surface area contributed by atoms with E-state index in [1.54, 1.807) is 18.2 Å². The zero-order chi connectivity index (χ0) is 18.8. The van der Waals surface area contributed by atoms with Crippen molar-refractivity contribution in [2.75, 3.05) is 28.4 Å². The average molecular weight is 360 g/mol. The van der Waals surface area contributed by atoms with Crippen LogP contribution in [0.5, 0.6) is 34.5 Å². The average Bonchev–Trinajstić information content (AvgIpc) is 2.65. The maximum atomic E-state index is 12.2. The summed E-state index contributed by atoms with van der Waals surface area (Å²) in [6.45, 7) is 0. The fourth-order valence-electron chi connectivity index (χ4n) is 3.20. The van der Waals surface area contributed by atoms with Gasteiger partial charge in [-0.25, -0.2) is 0 Å². The molecule has 138 valence electrons. The fraction of sp³-hybridized carbons (Fsp3) is 0.316. The van der Waals surface area contributed by atoms with Crippen LogP contribution in [0, 0.1) is 0 Å². The molecule has 0 saturated heterocycles. The molecule has 1 atom stereocenters. The van der Waals surface area contributed by atoms with E-state index in [2.05, 4.69) is 0 Å². The van der Waals surface area contributed by atoms with Crippen LogP contribution in [-0.4, -0.2) is 39.5 Å². The third kappa shape index (κ3) is 2.85. The molecule has 0 bridgehead atoms. The molecule has 7 nitrogen and oxygen atoms in total. The number of hydrogen-bond acceptors (Lipinski definition) is 7. The molecule has 2 aromatic carbocycles. The number of aromatic hydroxyl groups is 1. The standard InChI is InChI=1S/C19H20O7/c1-22-13-7-10(5-6-12(13)20)11-8-16(21)26-14-9-15(23-2)18(24-3)19(25-4)17(11)14/h5-7,9,11,20H,8H2,1-4H3/t11-/m1/s1. The lowest BCUT2D eigenvalue weighted by molar-refractivity contribution is -0.135. The van der Waals surface area contributed by atoms with Crippen LogP contribution in [-0.2, 0) is 4.79 Å². The second kappa shape index (κ2) is 7.03. The minimum absolute atomic E-state index is 0.0223. The first-order valence-electron chi connectivity index (χ1n) is 7.94. The molecule has 26 heavy (non-hydrogen) atoms. The van der Waals surface area contributed by atoms with Crippen LogP contribution in [0.2, 0.25) is 0 Å². The molecule has 7 heteroatoms. The van der Waals surface area contributed by atoms with E-state index in [-0.39, 0.29) is 24.1 Å². The Balaban J connectivity index is 2.24. The molecule has 0 unspecified atom stereocenters. The van der Waals surface area contributed by atoms with Crippen molar-refractivity contribution in [3.8, 4) is 34.5 Å². The fourth-order valence-corrected chi connectivity index (χ4v) is 3.20. The summed E-state index contributed by atoms with van der Waals surface area (Å²) in [5.41, 5.74) is 1.46. The van der Waals surface area contributed by atoms with Gasteiger partial charge in [-0.15, -0.1) is 0 Å². The number of ether oxygens (including phenoxy) is 5. The normalized spacial score (nSPS) is 15.7. The molecule has 0 saturated carbocycles. The van der Waals surface area contributed by atoms with E-state index in [1.165, 1.54) is 34.5 Å². The first-order valence-corrected chi connectivity index (χ1v) is 7.94. The van der Waals surface area contributed by atoms with Gasteiger partial charge in [0, 0.05) is 17.5 Å². The number of carbonyl (C=O) groups is 1. The lowest BCUT2D eigenvalue weighted by atomic mass is 9.85. The molecule has 0 aliphatic carbocycles. The van der Waals surface area contributed by atoms with Gasteiger partial charge in [0.15, 0.2) is 23.0 Å². The quantitative estimate of drug-likeness (QED) is 0.648. The van der Waals surface area contributed by atoms with Gasteiger partial charge in [-0.2, -0.15) is 0 Å². The van der Waals surface area contributed by atoms with Crippen molar-refractivity contribution in [1.82, 2.24) is 0 Å². The van der Waals surface area contributed by atoms with Crippen molar-refractivity contribution in [2.45, 2.75) is 12.3 Å². The van der Waals surface area contributed by atoms with Gasteiger partial charge in [0.1, 0.15) is 5.75 Å². The van der Waals surface area contributed by atoms with E-state index >= 15 is 0 Å². The van der Waals surface area contributed by atoms with Crippen LogP contribution in [0.3, 0.4) is 0 Å². The highest BCUT2D eigenvalue weighted by atomic mass is 16.5. The SMILES string of the molecule is COc1cc([C@H]2CC(=O)Oc3cc(OC)c(OC)c(OC)c32)ccc1O. The maximum absolute atomic E-state index is 12.2. The van der Waals surface area contributed by atoms with Crippen molar-refractivity contribution in [3.63, 3.8) is 0 Å². The lowest BCUT2D eigenvalue weighted by Crippen LogP contribution is -2.22. The number of rotatable bonds is 5. The van der Waals surface area contributed by atoms with Crippen molar-refractivity contribution in [2.24, 2.45) is 0 Å². The van der Waals surface area contributed by atoms with Crippen LogP contribution in [0.15, 0.2) is 24.3 Å². The summed E-state index contributed by atoms with van der Waals surface area (Å²) in [5.74, 6) is 1.23. The molecule has 1 heterocycles. The van der Waals surface area contributed by atoms with E-state index in [0.29, 0.717) is 34.3 Å². The molecule has 0 amide bonds. The number of phenols is 1. The minimum atomic E-state index is -0.371. The predicted octanol–water partition coefficient (Wildman–Crippen LogP) is 2.87. The molecule has 0 spiro atoms. The molecular formula is C19H20O7. The first kappa shape index (κ1) is 17.7.